The van der Waals surface area contributed by atoms with E-state index in [-0.39, 0.29) is 15.5 Å². The number of carbonyl (C=O) groups is 1. The number of rotatable bonds is 5. The molecule has 19 heavy (non-hydrogen) atoms. The van der Waals surface area contributed by atoms with Gasteiger partial charge < -0.3 is 4.74 Å². The first kappa shape index (κ1) is 14.3. The zero-order valence-electron chi connectivity index (χ0n) is 10.3. The molecule has 1 aliphatic rings. The highest BCUT2D eigenvalue weighted by molar-refractivity contribution is 7.89. The summed E-state index contributed by atoms with van der Waals surface area (Å²) in [4.78, 5) is 11.4. The maximum absolute atomic E-state index is 12.0. The van der Waals surface area contributed by atoms with E-state index in [1.807, 2.05) is 0 Å². The maximum atomic E-state index is 12.0. The Morgan fingerprint density at radius 1 is 1.47 bits per heavy atom. The molecule has 7 heteroatoms. The molecule has 0 radical (unpaired) electrons. The number of hydrogen-bond acceptors (Lipinski definition) is 4. The fourth-order valence-electron chi connectivity index (χ4n) is 1.57. The monoisotopic (exact) mass is 303 g/mol. The average molecular weight is 304 g/mol. The van der Waals surface area contributed by atoms with Crippen LogP contribution >= 0.6 is 11.6 Å². The van der Waals surface area contributed by atoms with Crippen molar-refractivity contribution in [1.82, 2.24) is 4.72 Å². The van der Waals surface area contributed by atoms with Crippen molar-refractivity contribution >= 4 is 27.6 Å². The van der Waals surface area contributed by atoms with Crippen molar-refractivity contribution in [2.75, 3.05) is 13.7 Å². The van der Waals surface area contributed by atoms with Crippen molar-refractivity contribution in [2.24, 2.45) is 5.92 Å². The first-order valence-corrected chi connectivity index (χ1v) is 7.67. The minimum Gasteiger partial charge on any atom is -0.465 e. The van der Waals surface area contributed by atoms with Crippen molar-refractivity contribution in [3.63, 3.8) is 0 Å². The van der Waals surface area contributed by atoms with Gasteiger partial charge in [-0.2, -0.15) is 0 Å². The van der Waals surface area contributed by atoms with E-state index in [0.717, 1.165) is 12.8 Å². The fraction of sp³-hybridized carbons (Fsp3) is 0.417. The third kappa shape index (κ3) is 3.46. The van der Waals surface area contributed by atoms with Gasteiger partial charge in [0.05, 0.1) is 22.6 Å². The molecule has 0 heterocycles. The number of benzene rings is 1. The zero-order chi connectivity index (χ0) is 14.0. The predicted molar refractivity (Wildman–Crippen MR) is 70.7 cm³/mol. The lowest BCUT2D eigenvalue weighted by Crippen LogP contribution is -2.25. The van der Waals surface area contributed by atoms with Gasteiger partial charge in [-0.25, -0.2) is 17.9 Å². The normalized spacial score (nSPS) is 15.3. The quantitative estimate of drug-likeness (QED) is 0.842. The first-order chi connectivity index (χ1) is 8.94. The molecule has 0 aromatic heterocycles. The highest BCUT2D eigenvalue weighted by Crippen LogP contribution is 2.28. The second kappa shape index (κ2) is 5.48. The van der Waals surface area contributed by atoms with Gasteiger partial charge in [0.15, 0.2) is 0 Å². The highest BCUT2D eigenvalue weighted by atomic mass is 35.5. The van der Waals surface area contributed by atoms with Gasteiger partial charge in [0.2, 0.25) is 10.0 Å². The Labute approximate surface area is 117 Å². The summed E-state index contributed by atoms with van der Waals surface area (Å²) in [7, 11) is -2.34. The summed E-state index contributed by atoms with van der Waals surface area (Å²) in [6.45, 7) is 0.443. The van der Waals surface area contributed by atoms with Gasteiger partial charge in [-0.3, -0.25) is 0 Å². The van der Waals surface area contributed by atoms with Crippen LogP contribution in [0, 0.1) is 5.92 Å². The van der Waals surface area contributed by atoms with Crippen molar-refractivity contribution in [3.05, 3.63) is 28.8 Å². The summed E-state index contributed by atoms with van der Waals surface area (Å²) < 4.78 is 31.0. The van der Waals surface area contributed by atoms with E-state index in [1.54, 1.807) is 0 Å². The van der Waals surface area contributed by atoms with Crippen molar-refractivity contribution in [1.29, 1.82) is 0 Å². The Morgan fingerprint density at radius 2 is 2.16 bits per heavy atom. The average Bonchev–Trinajstić information content (AvgIpc) is 3.19. The summed E-state index contributed by atoms with van der Waals surface area (Å²) in [6, 6.07) is 3.94. The van der Waals surface area contributed by atoms with Crippen molar-refractivity contribution < 1.29 is 17.9 Å². The van der Waals surface area contributed by atoms with Crippen LogP contribution in [0.4, 0.5) is 0 Å². The number of hydrogen-bond donors (Lipinski definition) is 1. The van der Waals surface area contributed by atoms with Crippen molar-refractivity contribution in [3.8, 4) is 0 Å². The Bertz CT molecular complexity index is 596. The molecule has 0 amide bonds. The standard InChI is InChI=1S/C12H14ClNO4S/c1-18-12(15)10-5-4-9(6-11(10)13)19(16,17)14-7-8-2-3-8/h4-6,8,14H,2-3,7H2,1H3. The Balaban J connectivity index is 2.20. The molecule has 0 unspecified atom stereocenters. The van der Waals surface area contributed by atoms with E-state index < -0.39 is 16.0 Å². The smallest absolute Gasteiger partial charge is 0.339 e. The van der Waals surface area contributed by atoms with E-state index in [0.29, 0.717) is 12.5 Å². The van der Waals surface area contributed by atoms with Crippen LogP contribution in [0.15, 0.2) is 23.1 Å². The summed E-state index contributed by atoms with van der Waals surface area (Å²) >= 11 is 5.89. The molecule has 1 aliphatic carbocycles. The molecular formula is C12H14ClNO4S. The van der Waals surface area contributed by atoms with Gasteiger partial charge in [-0.05, 0) is 37.0 Å². The zero-order valence-corrected chi connectivity index (χ0v) is 11.9. The molecule has 0 bridgehead atoms. The molecule has 104 valence electrons. The third-order valence-corrected chi connectivity index (χ3v) is 4.65. The van der Waals surface area contributed by atoms with Crippen LogP contribution in [0.1, 0.15) is 23.2 Å². The van der Waals surface area contributed by atoms with E-state index >= 15 is 0 Å². The summed E-state index contributed by atoms with van der Waals surface area (Å²) in [6.07, 6.45) is 2.12. The molecule has 1 fully saturated rings. The van der Waals surface area contributed by atoms with Crippen LogP contribution in [0.25, 0.3) is 0 Å². The largest absolute Gasteiger partial charge is 0.465 e. The fourth-order valence-corrected chi connectivity index (χ4v) is 3.04. The van der Waals surface area contributed by atoms with Crippen molar-refractivity contribution in [2.45, 2.75) is 17.7 Å². The van der Waals surface area contributed by atoms with Gasteiger partial charge in [-0.1, -0.05) is 11.6 Å². The topological polar surface area (TPSA) is 72.5 Å². The molecular weight excluding hydrogens is 290 g/mol. The number of carbonyl (C=O) groups excluding carboxylic acids is 1. The van der Waals surface area contributed by atoms with E-state index in [4.69, 9.17) is 11.6 Å². The van der Waals surface area contributed by atoms with Crippen LogP contribution in [0.5, 0.6) is 0 Å². The number of methoxy groups -OCH3 is 1. The van der Waals surface area contributed by atoms with Crippen LogP contribution in [-0.4, -0.2) is 28.0 Å². The minimum absolute atomic E-state index is 0.0470. The first-order valence-electron chi connectivity index (χ1n) is 5.81. The molecule has 0 atom stereocenters. The molecule has 1 saturated carbocycles. The molecule has 1 aromatic rings. The van der Waals surface area contributed by atoms with Gasteiger partial charge in [0.25, 0.3) is 0 Å². The second-order valence-electron chi connectivity index (χ2n) is 4.43. The van der Waals surface area contributed by atoms with Gasteiger partial charge in [0, 0.05) is 6.54 Å². The van der Waals surface area contributed by atoms with Crippen LogP contribution in [0.3, 0.4) is 0 Å². The Morgan fingerprint density at radius 3 is 2.68 bits per heavy atom. The minimum atomic E-state index is -3.57. The lowest BCUT2D eigenvalue weighted by atomic mass is 10.2. The summed E-state index contributed by atoms with van der Waals surface area (Å²) in [5.74, 6) is -0.153. The van der Waals surface area contributed by atoms with Gasteiger partial charge in [-0.15, -0.1) is 0 Å². The summed E-state index contributed by atoms with van der Waals surface area (Å²) in [5, 5.41) is 0.0566. The molecule has 1 aromatic carbocycles. The maximum Gasteiger partial charge on any atom is 0.339 e. The van der Waals surface area contributed by atoms with Gasteiger partial charge >= 0.3 is 5.97 Å². The number of ether oxygens (including phenoxy) is 1. The predicted octanol–water partition coefficient (Wildman–Crippen LogP) is 1.81. The number of esters is 1. The van der Waals surface area contributed by atoms with Gasteiger partial charge in [0.1, 0.15) is 0 Å². The molecule has 0 saturated heterocycles. The molecule has 5 nitrogen and oxygen atoms in total. The number of sulfonamides is 1. The second-order valence-corrected chi connectivity index (χ2v) is 6.60. The molecule has 0 aliphatic heterocycles. The number of halogens is 1. The van der Waals surface area contributed by atoms with Crippen LogP contribution < -0.4 is 4.72 Å². The number of nitrogens with one attached hydrogen (secondary N) is 1. The third-order valence-electron chi connectivity index (χ3n) is 2.92. The van der Waals surface area contributed by atoms with Crippen LogP contribution in [-0.2, 0) is 14.8 Å². The highest BCUT2D eigenvalue weighted by Gasteiger charge is 2.25. The lowest BCUT2D eigenvalue weighted by molar-refractivity contribution is 0.0601. The Hall–Kier alpha value is -1.11. The van der Waals surface area contributed by atoms with E-state index in [9.17, 15) is 13.2 Å². The van der Waals surface area contributed by atoms with E-state index in [1.165, 1.54) is 25.3 Å². The molecule has 2 rings (SSSR count). The van der Waals surface area contributed by atoms with E-state index in [2.05, 4.69) is 9.46 Å². The van der Waals surface area contributed by atoms with Crippen LogP contribution in [0.2, 0.25) is 5.02 Å². The SMILES string of the molecule is COC(=O)c1ccc(S(=O)(=O)NCC2CC2)cc1Cl. The molecule has 0 spiro atoms. The lowest BCUT2D eigenvalue weighted by Gasteiger charge is -2.08. The molecule has 1 N–H and O–H groups in total. The summed E-state index contributed by atoms with van der Waals surface area (Å²) in [5.41, 5.74) is 0.144. The Kier molecular flexibility index (Phi) is 4.13.